The molecular weight excluding hydrogens is 188 g/mol. The van der Waals surface area contributed by atoms with Crippen molar-refractivity contribution in [2.24, 2.45) is 0 Å². The molecule has 0 aromatic carbocycles. The number of halogens is 1. The molecule has 74 valence electrons. The fourth-order valence-corrected chi connectivity index (χ4v) is 0.795. The van der Waals surface area contributed by atoms with E-state index >= 15 is 0 Å². The first-order valence-corrected chi connectivity index (χ1v) is 3.79. The third kappa shape index (κ3) is 3.06. The molecule has 0 bridgehead atoms. The van der Waals surface area contributed by atoms with Crippen LogP contribution in [-0.4, -0.2) is 38.4 Å². The summed E-state index contributed by atoms with van der Waals surface area (Å²) < 4.78 is 0. The van der Waals surface area contributed by atoms with E-state index in [1.807, 2.05) is 50.1 Å². The SMILES string of the molecule is CN(C)c1ccc(N(C)C)nn1.Cl. The predicted octanol–water partition coefficient (Wildman–Crippen LogP) is 1.03. The molecule has 4 nitrogen and oxygen atoms in total. The third-order valence-corrected chi connectivity index (χ3v) is 1.55. The molecule has 5 heteroatoms. The average Bonchev–Trinajstić information content (AvgIpc) is 2.04. The van der Waals surface area contributed by atoms with Crippen molar-refractivity contribution in [3.63, 3.8) is 0 Å². The lowest BCUT2D eigenvalue weighted by Crippen LogP contribution is -2.14. The van der Waals surface area contributed by atoms with Gasteiger partial charge < -0.3 is 9.80 Å². The molecule has 0 amide bonds. The van der Waals surface area contributed by atoms with E-state index in [0.29, 0.717) is 0 Å². The summed E-state index contributed by atoms with van der Waals surface area (Å²) in [7, 11) is 7.78. The molecule has 1 rings (SSSR count). The van der Waals surface area contributed by atoms with Crippen molar-refractivity contribution in [3.05, 3.63) is 12.1 Å². The van der Waals surface area contributed by atoms with Gasteiger partial charge >= 0.3 is 0 Å². The zero-order chi connectivity index (χ0) is 9.14. The lowest BCUT2D eigenvalue weighted by molar-refractivity contribution is 0.930. The van der Waals surface area contributed by atoms with E-state index in [1.54, 1.807) is 0 Å². The Morgan fingerprint density at radius 3 is 1.31 bits per heavy atom. The highest BCUT2D eigenvalue weighted by atomic mass is 35.5. The van der Waals surface area contributed by atoms with Gasteiger partial charge in [-0.3, -0.25) is 0 Å². The number of hydrogen-bond acceptors (Lipinski definition) is 4. The molecule has 0 spiro atoms. The van der Waals surface area contributed by atoms with Crippen molar-refractivity contribution < 1.29 is 0 Å². The van der Waals surface area contributed by atoms with Crippen molar-refractivity contribution in [1.82, 2.24) is 10.2 Å². The number of aromatic nitrogens is 2. The van der Waals surface area contributed by atoms with E-state index in [2.05, 4.69) is 10.2 Å². The number of nitrogens with zero attached hydrogens (tertiary/aromatic N) is 4. The van der Waals surface area contributed by atoms with Crippen molar-refractivity contribution in [3.8, 4) is 0 Å². The van der Waals surface area contributed by atoms with Crippen molar-refractivity contribution in [2.75, 3.05) is 38.0 Å². The van der Waals surface area contributed by atoms with Crippen LogP contribution in [0.5, 0.6) is 0 Å². The highest BCUT2D eigenvalue weighted by Gasteiger charge is 1.99. The minimum absolute atomic E-state index is 0. The Morgan fingerprint density at radius 2 is 1.15 bits per heavy atom. The highest BCUT2D eigenvalue weighted by Crippen LogP contribution is 2.09. The van der Waals surface area contributed by atoms with Gasteiger partial charge in [-0.2, -0.15) is 0 Å². The van der Waals surface area contributed by atoms with Crippen LogP contribution in [0, 0.1) is 0 Å². The molecule has 0 N–H and O–H groups in total. The van der Waals surface area contributed by atoms with Gasteiger partial charge in [0.25, 0.3) is 0 Å². The standard InChI is InChI=1S/C8H14N4.ClH/c1-11(2)7-5-6-8(10-9-7)12(3)4;/h5-6H,1-4H3;1H. The van der Waals surface area contributed by atoms with Gasteiger partial charge in [0.05, 0.1) is 0 Å². The smallest absolute Gasteiger partial charge is 0.150 e. The van der Waals surface area contributed by atoms with Crippen LogP contribution in [0.4, 0.5) is 11.6 Å². The Morgan fingerprint density at radius 1 is 0.846 bits per heavy atom. The zero-order valence-corrected chi connectivity index (χ0v) is 9.17. The quantitative estimate of drug-likeness (QED) is 0.717. The lowest BCUT2D eigenvalue weighted by Gasteiger charge is -2.13. The van der Waals surface area contributed by atoms with Gasteiger partial charge in [-0.15, -0.1) is 22.6 Å². The third-order valence-electron chi connectivity index (χ3n) is 1.55. The van der Waals surface area contributed by atoms with Gasteiger partial charge in [0.15, 0.2) is 11.6 Å². The Balaban J connectivity index is 0.00000144. The van der Waals surface area contributed by atoms with Gasteiger partial charge in [0.1, 0.15) is 0 Å². The normalized spacial score (nSPS) is 8.92. The van der Waals surface area contributed by atoms with E-state index in [1.165, 1.54) is 0 Å². The second-order valence-electron chi connectivity index (χ2n) is 3.04. The molecule has 0 aliphatic rings. The molecule has 0 fully saturated rings. The van der Waals surface area contributed by atoms with Gasteiger partial charge in [-0.1, -0.05) is 0 Å². The maximum atomic E-state index is 4.03. The van der Waals surface area contributed by atoms with Crippen molar-refractivity contribution >= 4 is 24.0 Å². The first-order valence-electron chi connectivity index (χ1n) is 3.79. The van der Waals surface area contributed by atoms with Crippen molar-refractivity contribution in [1.29, 1.82) is 0 Å². The monoisotopic (exact) mass is 202 g/mol. The van der Waals surface area contributed by atoms with Gasteiger partial charge in [0.2, 0.25) is 0 Å². The second-order valence-corrected chi connectivity index (χ2v) is 3.04. The fourth-order valence-electron chi connectivity index (χ4n) is 0.795. The molecule has 13 heavy (non-hydrogen) atoms. The van der Waals surface area contributed by atoms with Gasteiger partial charge in [-0.25, -0.2) is 0 Å². The molecule has 0 unspecified atom stereocenters. The lowest BCUT2D eigenvalue weighted by atomic mass is 10.4. The molecule has 1 aromatic rings. The first-order chi connectivity index (χ1) is 5.61. The van der Waals surface area contributed by atoms with E-state index in [0.717, 1.165) is 11.6 Å². The van der Waals surface area contributed by atoms with E-state index < -0.39 is 0 Å². The van der Waals surface area contributed by atoms with Crippen LogP contribution in [0.2, 0.25) is 0 Å². The molecule has 1 heterocycles. The van der Waals surface area contributed by atoms with Crippen LogP contribution in [0.3, 0.4) is 0 Å². The van der Waals surface area contributed by atoms with Crippen LogP contribution in [-0.2, 0) is 0 Å². The molecular formula is C8H15ClN4. The number of rotatable bonds is 2. The summed E-state index contributed by atoms with van der Waals surface area (Å²) in [6.45, 7) is 0. The van der Waals surface area contributed by atoms with Crippen LogP contribution in [0.25, 0.3) is 0 Å². The summed E-state index contributed by atoms with van der Waals surface area (Å²) in [5.74, 6) is 1.75. The van der Waals surface area contributed by atoms with Crippen LogP contribution in [0.1, 0.15) is 0 Å². The van der Waals surface area contributed by atoms with Crippen molar-refractivity contribution in [2.45, 2.75) is 0 Å². The Hall–Kier alpha value is -1.03. The summed E-state index contributed by atoms with van der Waals surface area (Å²) in [6, 6.07) is 3.89. The van der Waals surface area contributed by atoms with E-state index in [-0.39, 0.29) is 12.4 Å². The minimum Gasteiger partial charge on any atom is -0.361 e. The maximum Gasteiger partial charge on any atom is 0.150 e. The van der Waals surface area contributed by atoms with Crippen LogP contribution < -0.4 is 9.80 Å². The Kier molecular flexibility index (Phi) is 4.48. The summed E-state index contributed by atoms with van der Waals surface area (Å²) in [6.07, 6.45) is 0. The fraction of sp³-hybridized carbons (Fsp3) is 0.500. The molecule has 1 aromatic heterocycles. The largest absolute Gasteiger partial charge is 0.361 e. The molecule has 0 aliphatic heterocycles. The zero-order valence-electron chi connectivity index (χ0n) is 8.35. The number of anilines is 2. The highest BCUT2D eigenvalue weighted by molar-refractivity contribution is 5.85. The maximum absolute atomic E-state index is 4.03. The topological polar surface area (TPSA) is 32.3 Å². The average molecular weight is 203 g/mol. The molecule has 0 saturated heterocycles. The summed E-state index contributed by atoms with van der Waals surface area (Å²) >= 11 is 0. The molecule has 0 atom stereocenters. The second kappa shape index (κ2) is 4.87. The number of hydrogen-bond donors (Lipinski definition) is 0. The first kappa shape index (κ1) is 12.0. The van der Waals surface area contributed by atoms with E-state index in [9.17, 15) is 0 Å². The molecule has 0 saturated carbocycles. The van der Waals surface area contributed by atoms with Gasteiger partial charge in [-0.05, 0) is 12.1 Å². The molecule has 0 aliphatic carbocycles. The summed E-state index contributed by atoms with van der Waals surface area (Å²) in [4.78, 5) is 3.85. The summed E-state index contributed by atoms with van der Waals surface area (Å²) in [5.41, 5.74) is 0. The Labute approximate surface area is 85.0 Å². The van der Waals surface area contributed by atoms with Gasteiger partial charge in [0, 0.05) is 28.2 Å². The van der Waals surface area contributed by atoms with Crippen LogP contribution >= 0.6 is 12.4 Å². The minimum atomic E-state index is 0. The summed E-state index contributed by atoms with van der Waals surface area (Å²) in [5, 5.41) is 8.07. The Bertz CT molecular complexity index is 218. The predicted molar refractivity (Wildman–Crippen MR) is 57.9 cm³/mol. The van der Waals surface area contributed by atoms with E-state index in [4.69, 9.17) is 0 Å². The van der Waals surface area contributed by atoms with Crippen LogP contribution in [0.15, 0.2) is 12.1 Å². The molecule has 0 radical (unpaired) electrons.